The van der Waals surface area contributed by atoms with Gasteiger partial charge in [-0.25, -0.2) is 9.67 Å². The summed E-state index contributed by atoms with van der Waals surface area (Å²) in [5.74, 6) is 0. The highest BCUT2D eigenvalue weighted by atomic mass is 19.4. The second-order valence-electron chi connectivity index (χ2n) is 8.15. The van der Waals surface area contributed by atoms with Crippen LogP contribution in [-0.4, -0.2) is 37.7 Å². The molecule has 0 N–H and O–H groups in total. The first kappa shape index (κ1) is 20.6. The van der Waals surface area contributed by atoms with Crippen LogP contribution in [0.1, 0.15) is 30.5 Å². The fraction of sp³-hybridized carbons (Fsp3) is 0.292. The van der Waals surface area contributed by atoms with Crippen LogP contribution in [0.5, 0.6) is 0 Å². The third-order valence-corrected chi connectivity index (χ3v) is 5.83. The summed E-state index contributed by atoms with van der Waals surface area (Å²) in [7, 11) is 0. The van der Waals surface area contributed by atoms with Gasteiger partial charge in [-0.1, -0.05) is 12.5 Å². The molecule has 0 amide bonds. The zero-order valence-corrected chi connectivity index (χ0v) is 17.4. The number of piperidine rings is 1. The van der Waals surface area contributed by atoms with Gasteiger partial charge in [0.2, 0.25) is 0 Å². The van der Waals surface area contributed by atoms with Gasteiger partial charge in [-0.3, -0.25) is 9.88 Å². The number of aromatic nitrogens is 4. The number of hydrogen-bond donors (Lipinski definition) is 0. The number of hydrogen-bond acceptors (Lipinski definition) is 4. The Bertz CT molecular complexity index is 1220. The molecule has 0 spiro atoms. The van der Waals surface area contributed by atoms with Crippen LogP contribution < -0.4 is 0 Å². The van der Waals surface area contributed by atoms with E-state index in [0.29, 0.717) is 5.69 Å². The predicted octanol–water partition coefficient (Wildman–Crippen LogP) is 5.49. The van der Waals surface area contributed by atoms with Crippen molar-refractivity contribution in [2.75, 3.05) is 13.1 Å². The molecule has 0 aliphatic carbocycles. The smallest absolute Gasteiger partial charge is 0.299 e. The highest BCUT2D eigenvalue weighted by molar-refractivity contribution is 5.85. The standard InChI is InChI=1S/C24H22F3N5/c25-24(26,27)23-7-5-21(15-29-23)32-22-6-4-18(11-20(22)14-30-32)19-10-17(12-28-13-19)16-31-8-2-1-3-9-31/h4-7,10-15H,1-3,8-9,16H2. The molecule has 4 aromatic rings. The molecule has 8 heteroatoms. The van der Waals surface area contributed by atoms with E-state index >= 15 is 0 Å². The molecular formula is C24H22F3N5. The first-order valence-corrected chi connectivity index (χ1v) is 10.7. The van der Waals surface area contributed by atoms with Crippen molar-refractivity contribution in [2.24, 2.45) is 0 Å². The molecule has 1 aliphatic heterocycles. The number of fused-ring (bicyclic) bond motifs is 1. The molecule has 1 saturated heterocycles. The van der Waals surface area contributed by atoms with Crippen molar-refractivity contribution in [1.82, 2.24) is 24.6 Å². The largest absolute Gasteiger partial charge is 0.433 e. The van der Waals surface area contributed by atoms with Gasteiger partial charge >= 0.3 is 6.18 Å². The Morgan fingerprint density at radius 2 is 1.69 bits per heavy atom. The summed E-state index contributed by atoms with van der Waals surface area (Å²) in [5.41, 5.74) is 3.60. The maximum Gasteiger partial charge on any atom is 0.433 e. The molecule has 164 valence electrons. The van der Waals surface area contributed by atoms with Crippen molar-refractivity contribution >= 4 is 10.9 Å². The number of rotatable bonds is 4. The normalized spacial score (nSPS) is 15.3. The van der Waals surface area contributed by atoms with Gasteiger partial charge in [0.05, 0.1) is 23.6 Å². The maximum absolute atomic E-state index is 12.8. The first-order valence-electron chi connectivity index (χ1n) is 10.7. The average Bonchev–Trinajstić information content (AvgIpc) is 3.23. The summed E-state index contributed by atoms with van der Waals surface area (Å²) < 4.78 is 40.0. The summed E-state index contributed by atoms with van der Waals surface area (Å²) in [4.78, 5) is 10.4. The summed E-state index contributed by atoms with van der Waals surface area (Å²) in [6.07, 6.45) is 6.03. The predicted molar refractivity (Wildman–Crippen MR) is 116 cm³/mol. The van der Waals surface area contributed by atoms with E-state index < -0.39 is 11.9 Å². The molecule has 3 aromatic heterocycles. The lowest BCUT2D eigenvalue weighted by molar-refractivity contribution is -0.141. The molecule has 32 heavy (non-hydrogen) atoms. The van der Waals surface area contributed by atoms with E-state index in [0.717, 1.165) is 47.7 Å². The monoisotopic (exact) mass is 437 g/mol. The van der Waals surface area contributed by atoms with Gasteiger partial charge in [0.25, 0.3) is 0 Å². The van der Waals surface area contributed by atoms with Crippen molar-refractivity contribution in [3.05, 3.63) is 72.4 Å². The number of nitrogens with zero attached hydrogens (tertiary/aromatic N) is 5. The van der Waals surface area contributed by atoms with Gasteiger partial charge < -0.3 is 0 Å². The zero-order chi connectivity index (χ0) is 22.1. The van der Waals surface area contributed by atoms with Crippen LogP contribution in [0.15, 0.2) is 61.2 Å². The molecule has 0 atom stereocenters. The minimum Gasteiger partial charge on any atom is -0.299 e. The fourth-order valence-electron chi connectivity index (χ4n) is 4.20. The van der Waals surface area contributed by atoms with Crippen molar-refractivity contribution in [2.45, 2.75) is 32.0 Å². The molecule has 0 radical (unpaired) electrons. The topological polar surface area (TPSA) is 46.8 Å². The average molecular weight is 437 g/mol. The van der Waals surface area contributed by atoms with Crippen molar-refractivity contribution in [3.63, 3.8) is 0 Å². The maximum atomic E-state index is 12.8. The molecule has 0 unspecified atom stereocenters. The summed E-state index contributed by atoms with van der Waals surface area (Å²) in [5, 5.41) is 5.25. The second kappa shape index (κ2) is 8.35. The van der Waals surface area contributed by atoms with Crippen LogP contribution in [-0.2, 0) is 12.7 Å². The SMILES string of the molecule is FC(F)(F)c1ccc(-n2ncc3cc(-c4cncc(CN5CCCCC5)c4)ccc32)cn1. The van der Waals surface area contributed by atoms with E-state index in [1.54, 1.807) is 10.9 Å². The number of pyridine rings is 2. The molecule has 4 heterocycles. The van der Waals surface area contributed by atoms with Gasteiger partial charge in [-0.15, -0.1) is 0 Å². The lowest BCUT2D eigenvalue weighted by Crippen LogP contribution is -2.29. The van der Waals surface area contributed by atoms with Gasteiger partial charge in [0.15, 0.2) is 0 Å². The summed E-state index contributed by atoms with van der Waals surface area (Å²) in [6.45, 7) is 3.17. The van der Waals surface area contributed by atoms with Crippen LogP contribution in [0.4, 0.5) is 13.2 Å². The van der Waals surface area contributed by atoms with Crippen LogP contribution in [0.25, 0.3) is 27.7 Å². The molecule has 0 saturated carbocycles. The first-order chi connectivity index (χ1) is 15.5. The summed E-state index contributed by atoms with van der Waals surface area (Å²) in [6, 6.07) is 10.5. The fourth-order valence-corrected chi connectivity index (χ4v) is 4.20. The van der Waals surface area contributed by atoms with Gasteiger partial charge in [0.1, 0.15) is 5.69 Å². The van der Waals surface area contributed by atoms with Crippen LogP contribution in [0, 0.1) is 0 Å². The van der Waals surface area contributed by atoms with E-state index in [2.05, 4.69) is 26.0 Å². The number of alkyl halides is 3. The third-order valence-electron chi connectivity index (χ3n) is 5.83. The van der Waals surface area contributed by atoms with E-state index in [1.807, 2.05) is 30.6 Å². The van der Waals surface area contributed by atoms with E-state index in [9.17, 15) is 13.2 Å². The van der Waals surface area contributed by atoms with Crippen LogP contribution in [0.2, 0.25) is 0 Å². The Hall–Kier alpha value is -3.26. The van der Waals surface area contributed by atoms with E-state index in [4.69, 9.17) is 0 Å². The van der Waals surface area contributed by atoms with Gasteiger partial charge in [-0.2, -0.15) is 18.3 Å². The van der Waals surface area contributed by atoms with E-state index in [-0.39, 0.29) is 0 Å². The highest BCUT2D eigenvalue weighted by Crippen LogP contribution is 2.29. The Morgan fingerprint density at radius 3 is 2.44 bits per heavy atom. The third kappa shape index (κ3) is 4.23. The van der Waals surface area contributed by atoms with Crippen LogP contribution in [0.3, 0.4) is 0 Å². The highest BCUT2D eigenvalue weighted by Gasteiger charge is 2.32. The molecule has 1 aromatic carbocycles. The number of benzene rings is 1. The lowest BCUT2D eigenvalue weighted by atomic mass is 10.0. The Kier molecular flexibility index (Phi) is 5.38. The number of halogens is 3. The van der Waals surface area contributed by atoms with Crippen LogP contribution >= 0.6 is 0 Å². The molecular weight excluding hydrogens is 415 g/mol. The van der Waals surface area contributed by atoms with Crippen molar-refractivity contribution < 1.29 is 13.2 Å². The van der Waals surface area contributed by atoms with E-state index in [1.165, 1.54) is 37.1 Å². The molecule has 1 aliphatic rings. The molecule has 5 rings (SSSR count). The second-order valence-corrected chi connectivity index (χ2v) is 8.15. The van der Waals surface area contributed by atoms with Gasteiger partial charge in [0, 0.05) is 29.9 Å². The number of likely N-dealkylation sites (tertiary alicyclic amines) is 1. The Morgan fingerprint density at radius 1 is 0.844 bits per heavy atom. The summed E-state index contributed by atoms with van der Waals surface area (Å²) >= 11 is 0. The molecule has 0 bridgehead atoms. The minimum absolute atomic E-state index is 0.478. The van der Waals surface area contributed by atoms with Crippen molar-refractivity contribution in [1.29, 1.82) is 0 Å². The zero-order valence-electron chi connectivity index (χ0n) is 17.4. The van der Waals surface area contributed by atoms with Gasteiger partial charge in [-0.05, 0) is 67.4 Å². The molecule has 1 fully saturated rings. The molecule has 5 nitrogen and oxygen atoms in total. The lowest BCUT2D eigenvalue weighted by Gasteiger charge is -2.26. The Labute approximate surface area is 183 Å². The van der Waals surface area contributed by atoms with Crippen molar-refractivity contribution in [3.8, 4) is 16.8 Å². The Balaban J connectivity index is 1.41. The minimum atomic E-state index is -4.46. The quantitative estimate of drug-likeness (QED) is 0.424.